The lowest BCUT2D eigenvalue weighted by Crippen LogP contribution is -2.29. The van der Waals surface area contributed by atoms with Gasteiger partial charge in [0, 0.05) is 12.6 Å². The smallest absolute Gasteiger partial charge is 0.0160 e. The summed E-state index contributed by atoms with van der Waals surface area (Å²) in [5, 5.41) is 3.16. The molecule has 0 aliphatic rings. The molecule has 2 heteroatoms. The Labute approximate surface area is 76.6 Å². The Kier molecular flexibility index (Phi) is 7.11. The molecule has 0 aliphatic carbocycles. The van der Waals surface area contributed by atoms with E-state index in [1.165, 1.54) is 12.8 Å². The second kappa shape index (κ2) is 7.32. The number of nitrogens with one attached hydrogen (secondary N) is 1. The molecule has 1 unspecified atom stereocenters. The molecule has 0 heterocycles. The molecule has 12 heavy (non-hydrogen) atoms. The van der Waals surface area contributed by atoms with Gasteiger partial charge in [0.1, 0.15) is 0 Å². The molecule has 0 bridgehead atoms. The predicted molar refractivity (Wildman–Crippen MR) is 55.4 cm³/mol. The van der Waals surface area contributed by atoms with E-state index in [-0.39, 0.29) is 0 Å². The zero-order valence-electron chi connectivity index (χ0n) is 8.64. The fraction of sp³-hybridized carbons (Fsp3) is 0.800. The van der Waals surface area contributed by atoms with E-state index in [0.717, 1.165) is 13.1 Å². The molecular weight excluding hydrogens is 148 g/mol. The number of likely N-dealkylation sites (N-methyl/N-ethyl adjacent to an activating group) is 1. The molecule has 0 aromatic carbocycles. The molecule has 0 aromatic heterocycles. The van der Waals surface area contributed by atoms with Crippen LogP contribution in [0.1, 0.15) is 19.8 Å². The largest absolute Gasteiger partial charge is 0.320 e. The Morgan fingerprint density at radius 2 is 2.25 bits per heavy atom. The van der Waals surface area contributed by atoms with Crippen molar-refractivity contribution in [1.82, 2.24) is 10.2 Å². The fourth-order valence-corrected chi connectivity index (χ4v) is 1.18. The first kappa shape index (κ1) is 11.7. The lowest BCUT2D eigenvalue weighted by atomic mass is 10.1. The number of hydrogen-bond acceptors (Lipinski definition) is 2. The number of nitrogens with zero attached hydrogens (tertiary/aromatic N) is 1. The van der Waals surface area contributed by atoms with Gasteiger partial charge in [0.15, 0.2) is 0 Å². The number of hydrogen-bond donors (Lipinski definition) is 1. The van der Waals surface area contributed by atoms with E-state index in [4.69, 9.17) is 0 Å². The van der Waals surface area contributed by atoms with Crippen LogP contribution in [0.3, 0.4) is 0 Å². The Morgan fingerprint density at radius 1 is 1.58 bits per heavy atom. The second-order valence-corrected chi connectivity index (χ2v) is 3.32. The zero-order valence-corrected chi connectivity index (χ0v) is 8.64. The van der Waals surface area contributed by atoms with Gasteiger partial charge < -0.3 is 10.2 Å². The second-order valence-electron chi connectivity index (χ2n) is 3.32. The van der Waals surface area contributed by atoms with Gasteiger partial charge in [-0.25, -0.2) is 0 Å². The first-order chi connectivity index (χ1) is 5.72. The Balaban J connectivity index is 3.41. The number of rotatable bonds is 7. The van der Waals surface area contributed by atoms with E-state index < -0.39 is 0 Å². The van der Waals surface area contributed by atoms with Crippen LogP contribution in [0.5, 0.6) is 0 Å². The van der Waals surface area contributed by atoms with Crippen molar-refractivity contribution < 1.29 is 0 Å². The van der Waals surface area contributed by atoms with Crippen molar-refractivity contribution in [3.8, 4) is 0 Å². The maximum atomic E-state index is 3.73. The molecule has 0 fully saturated rings. The third-order valence-electron chi connectivity index (χ3n) is 2.22. The van der Waals surface area contributed by atoms with Crippen molar-refractivity contribution in [2.75, 3.05) is 27.2 Å². The first-order valence-corrected chi connectivity index (χ1v) is 4.68. The summed E-state index contributed by atoms with van der Waals surface area (Å²) in [5.74, 6) is 0. The van der Waals surface area contributed by atoms with Gasteiger partial charge in [0.2, 0.25) is 0 Å². The van der Waals surface area contributed by atoms with E-state index in [0.29, 0.717) is 6.04 Å². The highest BCUT2D eigenvalue weighted by Crippen LogP contribution is 2.02. The molecule has 0 rings (SSSR count). The van der Waals surface area contributed by atoms with Crippen LogP contribution in [0, 0.1) is 0 Å². The molecule has 0 radical (unpaired) electrons. The highest BCUT2D eigenvalue weighted by atomic mass is 15.1. The van der Waals surface area contributed by atoms with Gasteiger partial charge in [-0.1, -0.05) is 6.08 Å². The summed E-state index contributed by atoms with van der Waals surface area (Å²) in [4.78, 5) is 2.32. The summed E-state index contributed by atoms with van der Waals surface area (Å²) < 4.78 is 0. The average Bonchev–Trinajstić information content (AvgIpc) is 2.05. The molecule has 72 valence electrons. The van der Waals surface area contributed by atoms with Crippen LogP contribution in [0.15, 0.2) is 12.7 Å². The summed E-state index contributed by atoms with van der Waals surface area (Å²) >= 11 is 0. The highest BCUT2D eigenvalue weighted by Gasteiger charge is 2.05. The molecule has 0 aliphatic heterocycles. The van der Waals surface area contributed by atoms with Gasteiger partial charge in [-0.05, 0) is 40.4 Å². The topological polar surface area (TPSA) is 15.3 Å². The summed E-state index contributed by atoms with van der Waals surface area (Å²) in [5.41, 5.74) is 0. The Hall–Kier alpha value is -0.340. The van der Waals surface area contributed by atoms with Crippen molar-refractivity contribution in [1.29, 1.82) is 0 Å². The van der Waals surface area contributed by atoms with Gasteiger partial charge in [0.05, 0.1) is 0 Å². The fourth-order valence-electron chi connectivity index (χ4n) is 1.18. The molecule has 2 nitrogen and oxygen atoms in total. The van der Waals surface area contributed by atoms with Crippen LogP contribution in [0.25, 0.3) is 0 Å². The van der Waals surface area contributed by atoms with E-state index >= 15 is 0 Å². The minimum Gasteiger partial charge on any atom is -0.320 e. The lowest BCUT2D eigenvalue weighted by Gasteiger charge is -2.22. The molecule has 0 saturated carbocycles. The van der Waals surface area contributed by atoms with Crippen LogP contribution < -0.4 is 5.32 Å². The van der Waals surface area contributed by atoms with Gasteiger partial charge >= 0.3 is 0 Å². The molecule has 0 saturated heterocycles. The average molecular weight is 170 g/mol. The summed E-state index contributed by atoms with van der Waals surface area (Å²) in [6.07, 6.45) is 4.46. The first-order valence-electron chi connectivity index (χ1n) is 4.68. The summed E-state index contributed by atoms with van der Waals surface area (Å²) in [6.45, 7) is 8.09. The molecule has 0 spiro atoms. The maximum Gasteiger partial charge on any atom is 0.0160 e. The monoisotopic (exact) mass is 170 g/mol. The summed E-state index contributed by atoms with van der Waals surface area (Å²) in [6, 6.07) is 0.663. The lowest BCUT2D eigenvalue weighted by molar-refractivity contribution is 0.267. The third kappa shape index (κ3) is 5.33. The van der Waals surface area contributed by atoms with E-state index in [1.807, 2.05) is 13.1 Å². The Morgan fingerprint density at radius 3 is 2.75 bits per heavy atom. The van der Waals surface area contributed by atoms with Crippen LogP contribution in [-0.4, -0.2) is 38.1 Å². The van der Waals surface area contributed by atoms with Crippen LogP contribution in [-0.2, 0) is 0 Å². The van der Waals surface area contributed by atoms with Gasteiger partial charge in [0.25, 0.3) is 0 Å². The molecule has 1 atom stereocenters. The van der Waals surface area contributed by atoms with Crippen molar-refractivity contribution in [3.05, 3.63) is 12.7 Å². The predicted octanol–water partition coefficient (Wildman–Crippen LogP) is 1.49. The molecule has 0 amide bonds. The quantitative estimate of drug-likeness (QED) is 0.460. The normalized spacial score (nSPS) is 13.3. The minimum atomic E-state index is 0.663. The van der Waals surface area contributed by atoms with Crippen LogP contribution >= 0.6 is 0 Å². The van der Waals surface area contributed by atoms with E-state index in [2.05, 4.69) is 30.8 Å². The Bertz CT molecular complexity index is 112. The zero-order chi connectivity index (χ0) is 9.40. The molecule has 0 aromatic rings. The SMILES string of the molecule is C=CCN(C)C(C)CCCNC. The van der Waals surface area contributed by atoms with Crippen molar-refractivity contribution in [2.45, 2.75) is 25.8 Å². The summed E-state index contributed by atoms with van der Waals surface area (Å²) in [7, 11) is 4.14. The van der Waals surface area contributed by atoms with E-state index in [1.54, 1.807) is 0 Å². The highest BCUT2D eigenvalue weighted by molar-refractivity contribution is 4.74. The van der Waals surface area contributed by atoms with Crippen molar-refractivity contribution >= 4 is 0 Å². The maximum absolute atomic E-state index is 3.73. The molecular formula is C10H22N2. The van der Waals surface area contributed by atoms with Gasteiger partial charge in [-0.2, -0.15) is 0 Å². The van der Waals surface area contributed by atoms with Crippen LogP contribution in [0.2, 0.25) is 0 Å². The van der Waals surface area contributed by atoms with Crippen LogP contribution in [0.4, 0.5) is 0 Å². The van der Waals surface area contributed by atoms with Crippen molar-refractivity contribution in [2.24, 2.45) is 0 Å². The standard InChI is InChI=1S/C10H22N2/c1-5-9-12(4)10(2)7-6-8-11-3/h5,10-11H,1,6-9H2,2-4H3. The van der Waals surface area contributed by atoms with Gasteiger partial charge in [-0.3, -0.25) is 0 Å². The molecule has 1 N–H and O–H groups in total. The van der Waals surface area contributed by atoms with Gasteiger partial charge in [-0.15, -0.1) is 6.58 Å². The van der Waals surface area contributed by atoms with Crippen molar-refractivity contribution in [3.63, 3.8) is 0 Å². The third-order valence-corrected chi connectivity index (χ3v) is 2.22. The van der Waals surface area contributed by atoms with E-state index in [9.17, 15) is 0 Å². The minimum absolute atomic E-state index is 0.663.